The number of carbonyl (C=O) groups excluding carboxylic acids is 3. The largest absolute Gasteiger partial charge is 0.480 e. The molecule has 0 saturated carbocycles. The molecule has 0 amide bonds. The van der Waals surface area contributed by atoms with Crippen molar-refractivity contribution in [1.29, 1.82) is 0 Å². The first kappa shape index (κ1) is 20.9. The van der Waals surface area contributed by atoms with E-state index in [1.165, 1.54) is 0 Å². The fourth-order valence-corrected chi connectivity index (χ4v) is 1.87. The van der Waals surface area contributed by atoms with Crippen LogP contribution in [0.25, 0.3) is 0 Å². The summed E-state index contributed by atoms with van der Waals surface area (Å²) in [6, 6.07) is 8.92. The molecule has 1 rings (SSSR count). The Morgan fingerprint density at radius 1 is 1.00 bits per heavy atom. The monoisotopic (exact) mass is 334 g/mol. The average Bonchev–Trinajstić information content (AvgIpc) is 2.49. The molecule has 0 aromatic heterocycles. The molecule has 1 aromatic carbocycles. The Balaban J connectivity index is 2.45. The molecule has 0 N–H and O–H groups in total. The molecule has 1 aromatic rings. The topological polar surface area (TPSA) is 78.9 Å². The van der Waals surface area contributed by atoms with Gasteiger partial charge in [0.25, 0.3) is 5.97 Å². The zero-order valence-corrected chi connectivity index (χ0v) is 13.8. The van der Waals surface area contributed by atoms with Crippen molar-refractivity contribution in [3.63, 3.8) is 0 Å². The van der Waals surface area contributed by atoms with Crippen molar-refractivity contribution < 1.29 is 28.6 Å². The molecule has 6 nitrogen and oxygen atoms in total. The fourth-order valence-electron chi connectivity index (χ4n) is 1.87. The molecule has 0 heterocycles. The number of ether oxygens (including phenoxy) is 3. The van der Waals surface area contributed by atoms with E-state index in [-0.39, 0.29) is 6.61 Å². The van der Waals surface area contributed by atoms with Gasteiger partial charge in [-0.1, -0.05) is 30.3 Å². The first-order chi connectivity index (χ1) is 11.5. The average molecular weight is 334 g/mol. The zero-order valence-electron chi connectivity index (χ0n) is 13.8. The normalized spacial score (nSPS) is 11.4. The van der Waals surface area contributed by atoms with Crippen molar-refractivity contribution in [2.75, 3.05) is 6.61 Å². The summed E-state index contributed by atoms with van der Waals surface area (Å²) in [7, 11) is 22.1. The van der Waals surface area contributed by atoms with Crippen molar-refractivity contribution in [2.45, 2.75) is 30.6 Å². The molecule has 10 heteroatoms. The van der Waals surface area contributed by atoms with Crippen LogP contribution in [0.2, 0.25) is 5.21 Å². The third-order valence-corrected chi connectivity index (χ3v) is 2.85. The van der Waals surface area contributed by atoms with Crippen LogP contribution in [0.15, 0.2) is 30.3 Å². The van der Waals surface area contributed by atoms with Crippen LogP contribution in [0.5, 0.6) is 0 Å². The molecule has 0 unspecified atom stereocenters. The molecule has 8 radical (unpaired) electrons. The maximum absolute atomic E-state index is 11.9. The Hall–Kier alpha value is -2.11. The van der Waals surface area contributed by atoms with Gasteiger partial charge in [-0.2, -0.15) is 0 Å². The van der Waals surface area contributed by atoms with Crippen LogP contribution in [0.4, 0.5) is 0 Å². The van der Waals surface area contributed by atoms with Gasteiger partial charge in [-0.15, -0.1) is 0 Å². The first-order valence-corrected chi connectivity index (χ1v) is 7.24. The summed E-state index contributed by atoms with van der Waals surface area (Å²) >= 11 is 0. The SMILES string of the molecule is [B]C([B])(CC([B])([B])C(=O)OCC(=O)OCc1ccccc1)OC(C)=O. The van der Waals surface area contributed by atoms with Gasteiger partial charge in [0.05, 0.1) is 15.7 Å². The van der Waals surface area contributed by atoms with Gasteiger partial charge >= 0.3 is 11.9 Å². The third-order valence-electron chi connectivity index (χ3n) is 2.85. The third kappa shape index (κ3) is 8.01. The predicted molar refractivity (Wildman–Crippen MR) is 92.0 cm³/mol. The van der Waals surface area contributed by atoms with Gasteiger partial charge in [-0.3, -0.25) is 9.59 Å². The Morgan fingerprint density at radius 3 is 2.16 bits per heavy atom. The molecular weight excluding hydrogens is 319 g/mol. The van der Waals surface area contributed by atoms with Gasteiger partial charge in [-0.05, 0) is 17.2 Å². The van der Waals surface area contributed by atoms with Crippen LogP contribution in [0.1, 0.15) is 18.9 Å². The lowest BCUT2D eigenvalue weighted by molar-refractivity contribution is -0.160. The van der Waals surface area contributed by atoms with E-state index >= 15 is 0 Å². The van der Waals surface area contributed by atoms with Crippen LogP contribution in [0, 0.1) is 0 Å². The highest BCUT2D eigenvalue weighted by Gasteiger charge is 2.36. The summed E-state index contributed by atoms with van der Waals surface area (Å²) < 4.78 is 14.2. The standard InChI is InChI=1S/C15H14B4O6/c1-10(20)25-15(18,19)9-14(16,17)13(22)24-8-12(21)23-7-11-5-3-2-4-6-11/h2-6H,7-9H2,1H3. The lowest BCUT2D eigenvalue weighted by Gasteiger charge is -2.34. The van der Waals surface area contributed by atoms with Crippen LogP contribution in [-0.4, -0.2) is 61.3 Å². The number of benzene rings is 1. The van der Waals surface area contributed by atoms with E-state index in [1.807, 2.05) is 6.07 Å². The van der Waals surface area contributed by atoms with E-state index in [9.17, 15) is 14.4 Å². The van der Waals surface area contributed by atoms with E-state index in [0.717, 1.165) is 12.5 Å². The minimum Gasteiger partial charge on any atom is -0.480 e. The van der Waals surface area contributed by atoms with Crippen molar-refractivity contribution >= 4 is 49.3 Å². The van der Waals surface area contributed by atoms with Crippen molar-refractivity contribution in [3.8, 4) is 0 Å². The Kier molecular flexibility index (Phi) is 7.39. The maximum Gasteiger partial charge on any atom is 0.344 e. The summed E-state index contributed by atoms with van der Waals surface area (Å²) in [6.07, 6.45) is -0.628. The van der Waals surface area contributed by atoms with Gasteiger partial charge in [0.2, 0.25) is 0 Å². The molecule has 0 aliphatic rings. The number of rotatable bonds is 8. The summed E-state index contributed by atoms with van der Waals surface area (Å²) in [6.45, 7) is 0.399. The molecule has 0 spiro atoms. The molecule has 0 bridgehead atoms. The zero-order chi connectivity index (χ0) is 19.1. The Morgan fingerprint density at radius 2 is 1.60 bits per heavy atom. The quantitative estimate of drug-likeness (QED) is 0.368. The highest BCUT2D eigenvalue weighted by atomic mass is 16.6. The second-order valence-electron chi connectivity index (χ2n) is 5.49. The summed E-state index contributed by atoms with van der Waals surface area (Å²) in [4.78, 5) is 34.3. The van der Waals surface area contributed by atoms with Crippen molar-refractivity contribution in [2.24, 2.45) is 0 Å². The van der Waals surface area contributed by atoms with E-state index < -0.39 is 41.5 Å². The molecular formula is C15H14B4O6. The predicted octanol–water partition coefficient (Wildman–Crippen LogP) is -0.330. The number of hydrogen-bond donors (Lipinski definition) is 0. The van der Waals surface area contributed by atoms with Crippen molar-refractivity contribution in [3.05, 3.63) is 35.9 Å². The minimum atomic E-state index is -2.17. The molecule has 25 heavy (non-hydrogen) atoms. The Labute approximate surface area is 151 Å². The maximum atomic E-state index is 11.9. The van der Waals surface area contributed by atoms with E-state index in [2.05, 4.69) is 4.74 Å². The van der Waals surface area contributed by atoms with Crippen LogP contribution >= 0.6 is 0 Å². The second-order valence-corrected chi connectivity index (χ2v) is 5.49. The fraction of sp³-hybridized carbons (Fsp3) is 0.400. The number of carbonyl (C=O) groups is 3. The van der Waals surface area contributed by atoms with Crippen LogP contribution in [-0.2, 0) is 35.2 Å². The van der Waals surface area contributed by atoms with Crippen LogP contribution < -0.4 is 0 Å². The van der Waals surface area contributed by atoms with Gasteiger partial charge < -0.3 is 14.2 Å². The molecule has 0 atom stereocenters. The van der Waals surface area contributed by atoms with Crippen molar-refractivity contribution in [1.82, 2.24) is 0 Å². The van der Waals surface area contributed by atoms with Gasteiger partial charge in [0.15, 0.2) is 6.61 Å². The molecule has 0 saturated heterocycles. The van der Waals surface area contributed by atoms with E-state index in [0.29, 0.717) is 0 Å². The lowest BCUT2D eigenvalue weighted by Crippen LogP contribution is -2.43. The Bertz CT molecular complexity index is 618. The molecule has 122 valence electrons. The first-order valence-electron chi connectivity index (χ1n) is 7.24. The summed E-state index contributed by atoms with van der Waals surface area (Å²) in [5.74, 6) is -2.73. The number of hydrogen-bond acceptors (Lipinski definition) is 6. The molecule has 0 aliphatic carbocycles. The van der Waals surface area contributed by atoms with Gasteiger partial charge in [-0.25, -0.2) is 4.79 Å². The summed E-state index contributed by atoms with van der Waals surface area (Å²) in [5.41, 5.74) is 0.770. The smallest absolute Gasteiger partial charge is 0.344 e. The molecule has 0 aliphatic heterocycles. The minimum absolute atomic E-state index is 0.0226. The van der Waals surface area contributed by atoms with Gasteiger partial charge in [0.1, 0.15) is 22.3 Å². The second kappa shape index (κ2) is 8.83. The van der Waals surface area contributed by atoms with E-state index in [4.69, 9.17) is 40.9 Å². The number of esters is 3. The summed E-state index contributed by atoms with van der Waals surface area (Å²) in [5, 5.41) is -4.24. The highest BCUT2D eigenvalue weighted by molar-refractivity contribution is 6.51. The molecule has 0 fully saturated rings. The van der Waals surface area contributed by atoms with Crippen LogP contribution in [0.3, 0.4) is 0 Å². The lowest BCUT2D eigenvalue weighted by atomic mass is 9.45. The van der Waals surface area contributed by atoms with E-state index in [1.54, 1.807) is 24.3 Å². The van der Waals surface area contributed by atoms with Gasteiger partial charge in [0, 0.05) is 12.3 Å². The highest BCUT2D eigenvalue weighted by Crippen LogP contribution is 2.29.